The summed E-state index contributed by atoms with van der Waals surface area (Å²) in [5.41, 5.74) is 1.84. The predicted octanol–water partition coefficient (Wildman–Crippen LogP) is 4.90. The molecule has 2 rings (SSSR count). The third kappa shape index (κ3) is 4.33. The summed E-state index contributed by atoms with van der Waals surface area (Å²) in [5, 5.41) is 0.616. The first-order valence-electron chi connectivity index (χ1n) is 6.88. The van der Waals surface area contributed by atoms with E-state index in [4.69, 9.17) is 16.3 Å². The van der Waals surface area contributed by atoms with Gasteiger partial charge in [-0.1, -0.05) is 44.5 Å². The van der Waals surface area contributed by atoms with Crippen LogP contribution in [0.15, 0.2) is 48.5 Å². The van der Waals surface area contributed by atoms with Crippen molar-refractivity contribution >= 4 is 17.4 Å². The Bertz CT molecular complexity index is 624. The van der Waals surface area contributed by atoms with Crippen LogP contribution in [0.5, 0.6) is 5.75 Å². The van der Waals surface area contributed by atoms with E-state index in [-0.39, 0.29) is 17.8 Å². The number of ether oxygens (including phenoxy) is 1. The summed E-state index contributed by atoms with van der Waals surface area (Å²) < 4.78 is 5.61. The molecule has 110 valence electrons. The summed E-state index contributed by atoms with van der Waals surface area (Å²) in [6.45, 7) is 6.45. The average molecular weight is 303 g/mol. The monoisotopic (exact) mass is 302 g/mol. The van der Waals surface area contributed by atoms with Crippen LogP contribution in [0.2, 0.25) is 5.02 Å². The Balaban J connectivity index is 2.03. The lowest BCUT2D eigenvalue weighted by atomic mass is 9.87. The van der Waals surface area contributed by atoms with Crippen molar-refractivity contribution in [1.82, 2.24) is 0 Å². The molecule has 0 saturated carbocycles. The number of carbonyl (C=O) groups excluding carboxylic acids is 1. The van der Waals surface area contributed by atoms with Crippen molar-refractivity contribution in [2.45, 2.75) is 26.2 Å². The number of Topliss-reactive ketones (excluding diaryl/α,β-unsaturated/α-hetero) is 1. The molecule has 21 heavy (non-hydrogen) atoms. The van der Waals surface area contributed by atoms with E-state index in [0.717, 1.165) is 0 Å². The van der Waals surface area contributed by atoms with Gasteiger partial charge in [0.25, 0.3) is 0 Å². The second-order valence-corrected chi connectivity index (χ2v) is 6.43. The predicted molar refractivity (Wildman–Crippen MR) is 86.4 cm³/mol. The zero-order valence-electron chi connectivity index (χ0n) is 12.5. The maximum absolute atomic E-state index is 12.0. The second kappa shape index (κ2) is 6.31. The van der Waals surface area contributed by atoms with Gasteiger partial charge in [0.05, 0.1) is 0 Å². The van der Waals surface area contributed by atoms with Crippen molar-refractivity contribution < 1.29 is 9.53 Å². The molecule has 2 aromatic rings. The maximum Gasteiger partial charge on any atom is 0.200 e. The van der Waals surface area contributed by atoms with Gasteiger partial charge < -0.3 is 4.74 Å². The van der Waals surface area contributed by atoms with Crippen LogP contribution in [0.4, 0.5) is 0 Å². The van der Waals surface area contributed by atoms with Gasteiger partial charge in [0, 0.05) is 10.6 Å². The highest BCUT2D eigenvalue weighted by molar-refractivity contribution is 6.30. The van der Waals surface area contributed by atoms with Gasteiger partial charge in [-0.3, -0.25) is 4.79 Å². The molecule has 0 heterocycles. The van der Waals surface area contributed by atoms with Crippen LogP contribution in [0.3, 0.4) is 0 Å². The smallest absolute Gasteiger partial charge is 0.200 e. The minimum Gasteiger partial charge on any atom is -0.485 e. The number of benzene rings is 2. The summed E-state index contributed by atoms with van der Waals surface area (Å²) in [7, 11) is 0. The molecular weight excluding hydrogens is 284 g/mol. The van der Waals surface area contributed by atoms with E-state index < -0.39 is 0 Å². The number of hydrogen-bond acceptors (Lipinski definition) is 2. The van der Waals surface area contributed by atoms with E-state index in [1.54, 1.807) is 24.3 Å². The number of ketones is 1. The Morgan fingerprint density at radius 1 is 1.10 bits per heavy atom. The van der Waals surface area contributed by atoms with Crippen LogP contribution in [-0.4, -0.2) is 12.4 Å². The molecule has 0 saturated heterocycles. The minimum absolute atomic E-state index is 0.0230. The lowest BCUT2D eigenvalue weighted by Crippen LogP contribution is -2.13. The number of carbonyl (C=O) groups is 1. The Labute approximate surface area is 130 Å². The molecule has 0 amide bonds. The zero-order chi connectivity index (χ0) is 15.5. The van der Waals surface area contributed by atoms with Crippen LogP contribution in [-0.2, 0) is 5.41 Å². The fourth-order valence-electron chi connectivity index (χ4n) is 1.92. The van der Waals surface area contributed by atoms with Crippen molar-refractivity contribution in [3.05, 3.63) is 64.7 Å². The molecule has 0 spiro atoms. The Hall–Kier alpha value is -1.80. The highest BCUT2D eigenvalue weighted by Crippen LogP contribution is 2.25. The van der Waals surface area contributed by atoms with Gasteiger partial charge in [0.2, 0.25) is 0 Å². The third-order valence-corrected chi connectivity index (χ3v) is 3.49. The van der Waals surface area contributed by atoms with Crippen molar-refractivity contribution in [2.75, 3.05) is 6.61 Å². The molecule has 2 nitrogen and oxygen atoms in total. The molecule has 0 fully saturated rings. The topological polar surface area (TPSA) is 26.3 Å². The highest BCUT2D eigenvalue weighted by Gasteiger charge is 2.14. The second-order valence-electron chi connectivity index (χ2n) is 6.00. The third-order valence-electron chi connectivity index (χ3n) is 3.24. The molecule has 0 N–H and O–H groups in total. The van der Waals surface area contributed by atoms with E-state index in [1.807, 2.05) is 18.2 Å². The first-order chi connectivity index (χ1) is 9.86. The lowest BCUT2D eigenvalue weighted by Gasteiger charge is -2.19. The fourth-order valence-corrected chi connectivity index (χ4v) is 2.05. The number of rotatable bonds is 4. The molecule has 0 aliphatic heterocycles. The molecule has 0 radical (unpaired) electrons. The van der Waals surface area contributed by atoms with Crippen LogP contribution >= 0.6 is 11.6 Å². The van der Waals surface area contributed by atoms with E-state index >= 15 is 0 Å². The van der Waals surface area contributed by atoms with Gasteiger partial charge in [0.1, 0.15) is 5.75 Å². The first kappa shape index (κ1) is 15.6. The number of halogens is 1. The van der Waals surface area contributed by atoms with E-state index in [1.165, 1.54) is 5.56 Å². The average Bonchev–Trinajstić information content (AvgIpc) is 2.45. The van der Waals surface area contributed by atoms with Crippen LogP contribution in [0, 0.1) is 0 Å². The zero-order valence-corrected chi connectivity index (χ0v) is 13.3. The number of hydrogen-bond donors (Lipinski definition) is 0. The van der Waals surface area contributed by atoms with Crippen molar-refractivity contribution in [3.8, 4) is 5.75 Å². The largest absolute Gasteiger partial charge is 0.485 e. The molecule has 0 aromatic heterocycles. The van der Waals surface area contributed by atoms with Crippen LogP contribution < -0.4 is 4.74 Å². The van der Waals surface area contributed by atoms with Crippen molar-refractivity contribution in [1.29, 1.82) is 0 Å². The highest BCUT2D eigenvalue weighted by atomic mass is 35.5. The molecule has 0 aliphatic carbocycles. The summed E-state index contributed by atoms with van der Waals surface area (Å²) >= 11 is 5.81. The van der Waals surface area contributed by atoms with E-state index in [2.05, 4.69) is 26.8 Å². The lowest BCUT2D eigenvalue weighted by molar-refractivity contribution is 0.0921. The minimum atomic E-state index is -0.0622. The van der Waals surface area contributed by atoms with Gasteiger partial charge in [-0.15, -0.1) is 0 Å². The Morgan fingerprint density at radius 3 is 2.38 bits per heavy atom. The van der Waals surface area contributed by atoms with Gasteiger partial charge in [-0.05, 0) is 47.4 Å². The summed E-state index contributed by atoms with van der Waals surface area (Å²) in [6, 6.07) is 14.7. The first-order valence-corrected chi connectivity index (χ1v) is 7.26. The molecular formula is C18H19ClO2. The molecule has 0 atom stereocenters. The summed E-state index contributed by atoms with van der Waals surface area (Å²) in [5.74, 6) is 0.651. The van der Waals surface area contributed by atoms with Crippen molar-refractivity contribution in [2.24, 2.45) is 0 Å². The van der Waals surface area contributed by atoms with Crippen LogP contribution in [0.1, 0.15) is 36.7 Å². The normalized spacial score (nSPS) is 11.2. The Morgan fingerprint density at radius 2 is 1.76 bits per heavy atom. The SMILES string of the molecule is CC(C)(C)c1cccc(OCC(=O)c2ccc(Cl)cc2)c1. The summed E-state index contributed by atoms with van der Waals surface area (Å²) in [4.78, 5) is 12.0. The van der Waals surface area contributed by atoms with Gasteiger partial charge in [0.15, 0.2) is 12.4 Å². The Kier molecular flexibility index (Phi) is 4.69. The van der Waals surface area contributed by atoms with Crippen LogP contribution in [0.25, 0.3) is 0 Å². The van der Waals surface area contributed by atoms with Gasteiger partial charge in [-0.25, -0.2) is 0 Å². The quantitative estimate of drug-likeness (QED) is 0.751. The van der Waals surface area contributed by atoms with Gasteiger partial charge in [-0.2, -0.15) is 0 Å². The van der Waals surface area contributed by atoms with Crippen molar-refractivity contribution in [3.63, 3.8) is 0 Å². The molecule has 0 unspecified atom stereocenters. The maximum atomic E-state index is 12.0. The molecule has 2 aromatic carbocycles. The van der Waals surface area contributed by atoms with Gasteiger partial charge >= 0.3 is 0 Å². The fraction of sp³-hybridized carbons (Fsp3) is 0.278. The van der Waals surface area contributed by atoms with E-state index in [9.17, 15) is 4.79 Å². The summed E-state index contributed by atoms with van der Waals surface area (Å²) in [6.07, 6.45) is 0. The molecule has 3 heteroatoms. The molecule has 0 aliphatic rings. The standard InChI is InChI=1S/C18H19ClO2/c1-18(2,3)14-5-4-6-16(11-14)21-12-17(20)13-7-9-15(19)10-8-13/h4-11H,12H2,1-3H3. The van der Waals surface area contributed by atoms with E-state index in [0.29, 0.717) is 16.3 Å². The molecule has 0 bridgehead atoms.